The van der Waals surface area contributed by atoms with E-state index < -0.39 is 0 Å². The molecule has 2 aromatic carbocycles. The van der Waals surface area contributed by atoms with Gasteiger partial charge in [-0.1, -0.05) is 40.2 Å². The first-order valence-electron chi connectivity index (χ1n) is 6.06. The van der Waals surface area contributed by atoms with E-state index in [9.17, 15) is 10.2 Å². The maximum Gasteiger partial charge on any atom is 0.123 e. The van der Waals surface area contributed by atoms with Crippen molar-refractivity contribution in [2.75, 3.05) is 0 Å². The van der Waals surface area contributed by atoms with Gasteiger partial charge in [0.2, 0.25) is 0 Å². The lowest BCUT2D eigenvalue weighted by molar-refractivity contribution is 0.441. The smallest absolute Gasteiger partial charge is 0.123 e. The molecule has 0 spiro atoms. The Kier molecular flexibility index (Phi) is 4.45. The van der Waals surface area contributed by atoms with Crippen molar-refractivity contribution in [2.45, 2.75) is 19.5 Å². The molecular weight excluding hydrogens is 306 g/mol. The Morgan fingerprint density at radius 3 is 2.58 bits per heavy atom. The number of rotatable bonds is 4. The second-order valence-corrected chi connectivity index (χ2v) is 5.29. The van der Waals surface area contributed by atoms with Crippen LogP contribution in [0.4, 0.5) is 0 Å². The molecule has 0 aliphatic carbocycles. The summed E-state index contributed by atoms with van der Waals surface area (Å²) < 4.78 is 1.06. The van der Waals surface area contributed by atoms with Crippen molar-refractivity contribution >= 4 is 15.9 Å². The quantitative estimate of drug-likeness (QED) is 0.804. The van der Waals surface area contributed by atoms with E-state index in [4.69, 9.17) is 0 Å². The van der Waals surface area contributed by atoms with Crippen molar-refractivity contribution in [1.29, 1.82) is 0 Å². The highest BCUT2D eigenvalue weighted by Crippen LogP contribution is 2.25. The average molecular weight is 322 g/mol. The van der Waals surface area contributed by atoms with E-state index in [0.29, 0.717) is 6.54 Å². The van der Waals surface area contributed by atoms with E-state index in [-0.39, 0.29) is 17.5 Å². The number of halogens is 1. The molecule has 2 aromatic rings. The van der Waals surface area contributed by atoms with Crippen LogP contribution in [0, 0.1) is 0 Å². The van der Waals surface area contributed by atoms with E-state index in [0.717, 1.165) is 10.0 Å². The number of hydrogen-bond acceptors (Lipinski definition) is 3. The normalized spacial score (nSPS) is 12.3. The van der Waals surface area contributed by atoms with Gasteiger partial charge in [0.25, 0.3) is 0 Å². The molecule has 0 fully saturated rings. The predicted octanol–water partition coefficient (Wildman–Crippen LogP) is 3.71. The number of nitrogens with one attached hydrogen (secondary N) is 1. The summed E-state index contributed by atoms with van der Waals surface area (Å²) in [5.74, 6) is 0.173. The minimum absolute atomic E-state index is 0.0695. The summed E-state index contributed by atoms with van der Waals surface area (Å²) >= 11 is 3.52. The van der Waals surface area contributed by atoms with Gasteiger partial charge in [-0.3, -0.25) is 0 Å². The molecule has 1 atom stereocenters. The Bertz CT molecular complexity index is 572. The van der Waals surface area contributed by atoms with Crippen molar-refractivity contribution in [3.05, 3.63) is 58.1 Å². The lowest BCUT2D eigenvalue weighted by Gasteiger charge is -2.16. The highest BCUT2D eigenvalue weighted by Gasteiger charge is 2.09. The van der Waals surface area contributed by atoms with Gasteiger partial charge in [-0.05, 0) is 24.6 Å². The number of aromatic hydroxyl groups is 2. The minimum atomic E-state index is 0.0695. The molecule has 0 saturated carbocycles. The largest absolute Gasteiger partial charge is 0.508 e. The van der Waals surface area contributed by atoms with E-state index in [1.165, 1.54) is 11.6 Å². The standard InChI is InChI=1S/C15H16BrNO2/c1-10(13-4-2-3-5-14(13)16)17-9-11-6-7-12(18)8-15(11)19/h2-8,10,17-19H,9H2,1H3/t10-/m1/s1. The molecule has 0 saturated heterocycles. The summed E-state index contributed by atoms with van der Waals surface area (Å²) in [7, 11) is 0. The Morgan fingerprint density at radius 2 is 1.89 bits per heavy atom. The molecule has 0 aromatic heterocycles. The SMILES string of the molecule is C[C@@H](NCc1ccc(O)cc1O)c1ccccc1Br. The van der Waals surface area contributed by atoms with Crippen LogP contribution in [0.3, 0.4) is 0 Å². The van der Waals surface area contributed by atoms with E-state index in [1.54, 1.807) is 12.1 Å². The molecule has 2 rings (SSSR count). The molecule has 19 heavy (non-hydrogen) atoms. The fraction of sp³-hybridized carbons (Fsp3) is 0.200. The number of phenols is 2. The maximum atomic E-state index is 9.72. The molecule has 0 amide bonds. The average Bonchev–Trinajstić information content (AvgIpc) is 2.38. The van der Waals surface area contributed by atoms with Crippen molar-refractivity contribution in [3.8, 4) is 11.5 Å². The topological polar surface area (TPSA) is 52.5 Å². The molecule has 0 aliphatic rings. The predicted molar refractivity (Wildman–Crippen MR) is 79.2 cm³/mol. The van der Waals surface area contributed by atoms with Crippen LogP contribution in [0.1, 0.15) is 24.1 Å². The summed E-state index contributed by atoms with van der Waals surface area (Å²) in [4.78, 5) is 0. The molecule has 0 heterocycles. The van der Waals surface area contributed by atoms with Gasteiger partial charge in [-0.25, -0.2) is 0 Å². The molecule has 0 bridgehead atoms. The van der Waals surface area contributed by atoms with Gasteiger partial charge in [-0.15, -0.1) is 0 Å². The molecule has 0 radical (unpaired) electrons. The lowest BCUT2D eigenvalue weighted by atomic mass is 10.1. The fourth-order valence-corrected chi connectivity index (χ4v) is 2.53. The number of phenolic OH excluding ortho intramolecular Hbond substituents is 2. The Morgan fingerprint density at radius 1 is 1.16 bits per heavy atom. The van der Waals surface area contributed by atoms with E-state index in [2.05, 4.69) is 34.2 Å². The minimum Gasteiger partial charge on any atom is -0.508 e. The van der Waals surface area contributed by atoms with Gasteiger partial charge < -0.3 is 15.5 Å². The summed E-state index contributed by atoms with van der Waals surface area (Å²) in [6.07, 6.45) is 0. The lowest BCUT2D eigenvalue weighted by Crippen LogP contribution is -2.18. The van der Waals surface area contributed by atoms with Crippen LogP contribution in [0.15, 0.2) is 46.9 Å². The third-order valence-electron chi connectivity index (χ3n) is 3.04. The van der Waals surface area contributed by atoms with Crippen LogP contribution < -0.4 is 5.32 Å². The third kappa shape index (κ3) is 3.49. The summed E-state index contributed by atoms with van der Waals surface area (Å²) in [5, 5.41) is 22.3. The fourth-order valence-electron chi connectivity index (χ4n) is 1.90. The Balaban J connectivity index is 2.04. The highest BCUT2D eigenvalue weighted by molar-refractivity contribution is 9.10. The van der Waals surface area contributed by atoms with Crippen molar-refractivity contribution in [2.24, 2.45) is 0 Å². The second kappa shape index (κ2) is 6.08. The molecule has 100 valence electrons. The third-order valence-corrected chi connectivity index (χ3v) is 3.76. The molecule has 3 N–H and O–H groups in total. The summed E-state index contributed by atoms with van der Waals surface area (Å²) in [6.45, 7) is 2.60. The number of benzene rings is 2. The van der Waals surface area contributed by atoms with Gasteiger partial charge in [-0.2, -0.15) is 0 Å². The zero-order valence-corrected chi connectivity index (χ0v) is 12.2. The van der Waals surface area contributed by atoms with Gasteiger partial charge in [0.15, 0.2) is 0 Å². The van der Waals surface area contributed by atoms with Crippen LogP contribution >= 0.6 is 15.9 Å². The zero-order valence-electron chi connectivity index (χ0n) is 10.6. The summed E-state index contributed by atoms with van der Waals surface area (Å²) in [5.41, 5.74) is 1.93. The highest BCUT2D eigenvalue weighted by atomic mass is 79.9. The number of hydrogen-bond donors (Lipinski definition) is 3. The first-order chi connectivity index (χ1) is 9.08. The zero-order chi connectivity index (χ0) is 13.8. The van der Waals surface area contributed by atoms with Gasteiger partial charge >= 0.3 is 0 Å². The molecule has 0 aliphatic heterocycles. The molecular formula is C15H16BrNO2. The van der Waals surface area contributed by atoms with Gasteiger partial charge in [0, 0.05) is 28.7 Å². The first-order valence-corrected chi connectivity index (χ1v) is 6.86. The van der Waals surface area contributed by atoms with Crippen LogP contribution in [0.5, 0.6) is 11.5 Å². The molecule has 3 nitrogen and oxygen atoms in total. The van der Waals surface area contributed by atoms with Gasteiger partial charge in [0.05, 0.1) is 0 Å². The van der Waals surface area contributed by atoms with E-state index in [1.807, 2.05) is 18.2 Å². The van der Waals surface area contributed by atoms with Crippen LogP contribution in [-0.4, -0.2) is 10.2 Å². The Labute approximate surface area is 121 Å². The second-order valence-electron chi connectivity index (χ2n) is 4.44. The van der Waals surface area contributed by atoms with Gasteiger partial charge in [0.1, 0.15) is 11.5 Å². The van der Waals surface area contributed by atoms with Crippen molar-refractivity contribution < 1.29 is 10.2 Å². The maximum absolute atomic E-state index is 9.72. The van der Waals surface area contributed by atoms with Crippen LogP contribution in [-0.2, 0) is 6.54 Å². The summed E-state index contributed by atoms with van der Waals surface area (Å²) in [6, 6.07) is 12.8. The first kappa shape index (κ1) is 13.9. The van der Waals surface area contributed by atoms with E-state index >= 15 is 0 Å². The Hall–Kier alpha value is -1.52. The molecule has 0 unspecified atom stereocenters. The molecule has 4 heteroatoms. The van der Waals surface area contributed by atoms with Crippen molar-refractivity contribution in [3.63, 3.8) is 0 Å². The van der Waals surface area contributed by atoms with Crippen LogP contribution in [0.25, 0.3) is 0 Å². The van der Waals surface area contributed by atoms with Crippen molar-refractivity contribution in [1.82, 2.24) is 5.32 Å². The van der Waals surface area contributed by atoms with Crippen LogP contribution in [0.2, 0.25) is 0 Å². The monoisotopic (exact) mass is 321 g/mol.